The van der Waals surface area contributed by atoms with Crippen LogP contribution in [0.4, 0.5) is 0 Å². The molecule has 0 aromatic rings. The maximum absolute atomic E-state index is 12.5. The van der Waals surface area contributed by atoms with Crippen LogP contribution in [-0.2, 0) is 32.7 Å². The van der Waals surface area contributed by atoms with Crippen molar-refractivity contribution in [2.45, 2.75) is 134 Å². The summed E-state index contributed by atoms with van der Waals surface area (Å²) in [5, 5.41) is 49.3. The minimum Gasteiger partial charge on any atom is -0.462 e. The molecule has 6 atom stereocenters. The Labute approximate surface area is 278 Å². The Hall–Kier alpha value is -2.19. The van der Waals surface area contributed by atoms with E-state index in [0.717, 1.165) is 71.1 Å². The highest BCUT2D eigenvalue weighted by molar-refractivity contribution is 7.47. The van der Waals surface area contributed by atoms with E-state index < -0.39 is 75.7 Å². The lowest BCUT2D eigenvalue weighted by atomic mass is 9.85. The van der Waals surface area contributed by atoms with Gasteiger partial charge in [0, 0.05) is 13.3 Å². The lowest BCUT2D eigenvalue weighted by Gasteiger charge is -2.41. The van der Waals surface area contributed by atoms with Gasteiger partial charge in [-0.1, -0.05) is 81.2 Å². The third kappa shape index (κ3) is 19.4. The molecule has 14 heteroatoms. The van der Waals surface area contributed by atoms with Gasteiger partial charge in [0.2, 0.25) is 0 Å². The fourth-order valence-electron chi connectivity index (χ4n) is 4.59. The molecule has 0 heterocycles. The molecule has 47 heavy (non-hydrogen) atoms. The molecule has 1 fully saturated rings. The summed E-state index contributed by atoms with van der Waals surface area (Å²) in [6.07, 6.45) is 14.7. The van der Waals surface area contributed by atoms with Gasteiger partial charge in [-0.05, 0) is 44.9 Å². The number of esters is 2. The molecule has 13 nitrogen and oxygen atoms in total. The highest BCUT2D eigenvalue weighted by Crippen LogP contribution is 2.47. The quantitative estimate of drug-likeness (QED) is 0.0370. The minimum absolute atomic E-state index is 0.0738. The third-order valence-corrected chi connectivity index (χ3v) is 8.23. The van der Waals surface area contributed by atoms with Crippen molar-refractivity contribution < 1.29 is 63.1 Å². The van der Waals surface area contributed by atoms with E-state index in [2.05, 4.69) is 55.5 Å². The molecule has 0 radical (unpaired) electrons. The first-order chi connectivity index (χ1) is 22.4. The van der Waals surface area contributed by atoms with Crippen LogP contribution in [-0.4, -0.2) is 98.3 Å². The molecule has 1 rings (SSSR count). The smallest absolute Gasteiger partial charge is 0.462 e. The minimum atomic E-state index is -5.08. The van der Waals surface area contributed by atoms with Crippen molar-refractivity contribution in [1.82, 2.24) is 0 Å². The van der Waals surface area contributed by atoms with E-state index in [-0.39, 0.29) is 6.42 Å². The molecular weight excluding hydrogens is 635 g/mol. The fraction of sp³-hybridized carbons (Fsp3) is 0.697. The van der Waals surface area contributed by atoms with E-state index in [1.54, 1.807) is 0 Å². The van der Waals surface area contributed by atoms with Gasteiger partial charge >= 0.3 is 19.8 Å². The van der Waals surface area contributed by atoms with E-state index in [1.165, 1.54) is 0 Å². The fourth-order valence-corrected chi connectivity index (χ4v) is 5.56. The summed E-state index contributed by atoms with van der Waals surface area (Å²) < 4.78 is 32.1. The number of carbonyl (C=O) groups excluding carboxylic acids is 2. The molecule has 0 aromatic heterocycles. The van der Waals surface area contributed by atoms with Crippen LogP contribution >= 0.6 is 7.82 Å². The zero-order valence-corrected chi connectivity index (χ0v) is 28.4. The lowest BCUT2D eigenvalue weighted by molar-refractivity contribution is -0.220. The number of hydrogen-bond acceptors (Lipinski definition) is 12. The first kappa shape index (κ1) is 42.8. The standard InChI is InChI=1S/C33H55O13P/c1-3-4-5-6-7-8-9-10-11-12-13-14-15-16-17-18-19-20-21-22-27(35)45-26(23-43-25(2)34)24-44-47(41,42)46-33-31(39)29(37)28(36)30(38)32(33)40/h4-5,7-8,10-11,13-14,26,28-33,36-40H,3,6,9,12,15-24H2,1-2H3,(H,41,42)/b5-4-,8-7-,11-10-,14-13-. The third-order valence-electron chi connectivity index (χ3n) is 7.24. The van der Waals surface area contributed by atoms with Crippen LogP contribution < -0.4 is 0 Å². The molecule has 0 spiro atoms. The van der Waals surface area contributed by atoms with Crippen molar-refractivity contribution in [3.63, 3.8) is 0 Å². The molecule has 1 saturated carbocycles. The van der Waals surface area contributed by atoms with Crippen molar-refractivity contribution in [2.24, 2.45) is 0 Å². The molecule has 6 N–H and O–H groups in total. The van der Waals surface area contributed by atoms with Crippen molar-refractivity contribution in [3.05, 3.63) is 48.6 Å². The van der Waals surface area contributed by atoms with Gasteiger partial charge < -0.3 is 39.9 Å². The number of ether oxygens (including phenoxy) is 2. The summed E-state index contributed by atoms with van der Waals surface area (Å²) in [6, 6.07) is 0. The summed E-state index contributed by atoms with van der Waals surface area (Å²) in [7, 11) is -5.08. The number of phosphoric ester groups is 1. The molecule has 0 saturated heterocycles. The summed E-state index contributed by atoms with van der Waals surface area (Å²) in [5.74, 6) is -1.32. The Kier molecular flexibility index (Phi) is 22.7. The molecule has 0 amide bonds. The molecule has 0 aromatic carbocycles. The number of phosphoric acid groups is 1. The molecule has 0 bridgehead atoms. The van der Waals surface area contributed by atoms with Gasteiger partial charge in [0.25, 0.3) is 0 Å². The van der Waals surface area contributed by atoms with Crippen LogP contribution in [0.1, 0.15) is 90.9 Å². The number of aliphatic hydroxyl groups excluding tert-OH is 5. The predicted molar refractivity (Wildman–Crippen MR) is 175 cm³/mol. The normalized spacial score (nSPS) is 25.5. The second kappa shape index (κ2) is 24.9. The van der Waals surface area contributed by atoms with Crippen molar-refractivity contribution in [1.29, 1.82) is 0 Å². The van der Waals surface area contributed by atoms with Crippen molar-refractivity contribution >= 4 is 19.8 Å². The average molecular weight is 691 g/mol. The maximum atomic E-state index is 12.5. The number of hydrogen-bond donors (Lipinski definition) is 6. The van der Waals surface area contributed by atoms with Gasteiger partial charge in [0.1, 0.15) is 43.2 Å². The Morgan fingerprint density at radius 3 is 1.74 bits per heavy atom. The number of carbonyl (C=O) groups is 2. The first-order valence-corrected chi connectivity index (χ1v) is 17.9. The summed E-state index contributed by atoms with van der Waals surface area (Å²) in [6.45, 7) is 2.02. The Bertz CT molecular complexity index is 1030. The average Bonchev–Trinajstić information content (AvgIpc) is 3.03. The number of rotatable bonds is 24. The monoisotopic (exact) mass is 690 g/mol. The molecule has 270 valence electrons. The van der Waals surface area contributed by atoms with E-state index in [1.807, 2.05) is 0 Å². The van der Waals surface area contributed by atoms with Gasteiger partial charge in [-0.3, -0.25) is 18.6 Å². The van der Waals surface area contributed by atoms with Crippen LogP contribution in [0.5, 0.6) is 0 Å². The van der Waals surface area contributed by atoms with E-state index in [4.69, 9.17) is 18.5 Å². The van der Waals surface area contributed by atoms with Crippen LogP contribution in [0.3, 0.4) is 0 Å². The van der Waals surface area contributed by atoms with Gasteiger partial charge in [-0.2, -0.15) is 0 Å². The Balaban J connectivity index is 2.29. The molecule has 0 aliphatic heterocycles. The van der Waals surface area contributed by atoms with E-state index >= 15 is 0 Å². The summed E-state index contributed by atoms with van der Waals surface area (Å²) >= 11 is 0. The number of allylic oxidation sites excluding steroid dienone is 8. The van der Waals surface area contributed by atoms with E-state index in [9.17, 15) is 44.6 Å². The van der Waals surface area contributed by atoms with Crippen LogP contribution in [0, 0.1) is 0 Å². The molecule has 6 unspecified atom stereocenters. The first-order valence-electron chi connectivity index (χ1n) is 16.4. The van der Waals surface area contributed by atoms with Crippen molar-refractivity contribution in [3.8, 4) is 0 Å². The molecular formula is C33H55O13P. The second-order valence-corrected chi connectivity index (χ2v) is 12.8. The number of unbranched alkanes of at least 4 members (excludes halogenated alkanes) is 6. The maximum Gasteiger partial charge on any atom is 0.472 e. The lowest BCUT2D eigenvalue weighted by Crippen LogP contribution is -2.64. The van der Waals surface area contributed by atoms with Gasteiger partial charge in [-0.25, -0.2) is 4.57 Å². The SMILES string of the molecule is CC/C=C\C/C=C\C/C=C\C/C=C\CCCCCCCCC(=O)OC(COC(C)=O)COP(=O)(O)OC1C(O)C(O)C(O)C(O)C1O. The Morgan fingerprint density at radius 2 is 1.19 bits per heavy atom. The zero-order valence-electron chi connectivity index (χ0n) is 27.5. The number of aliphatic hydroxyl groups is 5. The predicted octanol–water partition coefficient (Wildman–Crippen LogP) is 3.71. The second-order valence-electron chi connectivity index (χ2n) is 11.4. The summed E-state index contributed by atoms with van der Waals surface area (Å²) in [5.41, 5.74) is 0. The summed E-state index contributed by atoms with van der Waals surface area (Å²) in [4.78, 5) is 33.7. The highest BCUT2D eigenvalue weighted by atomic mass is 31.2. The van der Waals surface area contributed by atoms with Gasteiger partial charge in [-0.15, -0.1) is 0 Å². The topological polar surface area (TPSA) is 210 Å². The molecule has 1 aliphatic carbocycles. The molecule has 1 aliphatic rings. The zero-order chi connectivity index (χ0) is 35.1. The van der Waals surface area contributed by atoms with E-state index in [0.29, 0.717) is 6.42 Å². The van der Waals surface area contributed by atoms with Crippen molar-refractivity contribution in [2.75, 3.05) is 13.2 Å². The van der Waals surface area contributed by atoms with Crippen LogP contribution in [0.2, 0.25) is 0 Å². The van der Waals surface area contributed by atoms with Crippen LogP contribution in [0.15, 0.2) is 48.6 Å². The van der Waals surface area contributed by atoms with Crippen LogP contribution in [0.25, 0.3) is 0 Å². The van der Waals surface area contributed by atoms with Gasteiger partial charge in [0.05, 0.1) is 6.61 Å². The van der Waals surface area contributed by atoms with Gasteiger partial charge in [0.15, 0.2) is 6.10 Å². The highest BCUT2D eigenvalue weighted by Gasteiger charge is 2.51. The Morgan fingerprint density at radius 1 is 0.702 bits per heavy atom. The largest absolute Gasteiger partial charge is 0.472 e.